The molecule has 0 saturated heterocycles. The lowest BCUT2D eigenvalue weighted by atomic mass is 10.1. The summed E-state index contributed by atoms with van der Waals surface area (Å²) in [7, 11) is 0. The predicted octanol–water partition coefficient (Wildman–Crippen LogP) is 14.1. The van der Waals surface area contributed by atoms with Crippen molar-refractivity contribution in [2.24, 2.45) is 0 Å². The minimum Gasteiger partial charge on any atom is -0.462 e. The molecule has 0 aromatic heterocycles. The monoisotopic (exact) mass is 755 g/mol. The molecule has 0 amide bonds. The number of ether oxygens (including phenoxy) is 3. The molecule has 0 heterocycles. The fourth-order valence-corrected chi connectivity index (χ4v) is 5.88. The van der Waals surface area contributed by atoms with Crippen LogP contribution in [0.3, 0.4) is 0 Å². The van der Waals surface area contributed by atoms with Gasteiger partial charge in [-0.3, -0.25) is 14.4 Å². The number of carbonyl (C=O) groups is 3. The van der Waals surface area contributed by atoms with E-state index in [1.54, 1.807) is 0 Å². The first-order chi connectivity index (χ1) is 26.5. The molecule has 0 fully saturated rings. The lowest BCUT2D eigenvalue weighted by Gasteiger charge is -2.18. The van der Waals surface area contributed by atoms with Crippen LogP contribution in [-0.2, 0) is 28.6 Å². The second-order valence-electron chi connectivity index (χ2n) is 14.6. The molecule has 54 heavy (non-hydrogen) atoms. The Morgan fingerprint density at radius 1 is 0.389 bits per heavy atom. The molecule has 0 aliphatic rings. The molecule has 0 rings (SSSR count). The van der Waals surface area contributed by atoms with Crippen LogP contribution in [0.1, 0.15) is 207 Å². The SMILES string of the molecule is CC/C=C\C/C=C\C/C=C\C/C=C\CCCCCC(=O)OCC(COC(=O)CCCCCCCCCCCC)OC(=O)CCCCCC/C=C\CCCC. The van der Waals surface area contributed by atoms with Crippen molar-refractivity contribution in [2.45, 2.75) is 213 Å². The number of hydrogen-bond acceptors (Lipinski definition) is 6. The predicted molar refractivity (Wildman–Crippen MR) is 228 cm³/mol. The number of carbonyl (C=O) groups excluding carboxylic acids is 3. The molecule has 0 aliphatic carbocycles. The van der Waals surface area contributed by atoms with Crippen molar-refractivity contribution in [3.63, 3.8) is 0 Å². The van der Waals surface area contributed by atoms with Crippen molar-refractivity contribution in [2.75, 3.05) is 13.2 Å². The summed E-state index contributed by atoms with van der Waals surface area (Å²) in [6, 6.07) is 0. The van der Waals surface area contributed by atoms with E-state index in [4.69, 9.17) is 14.2 Å². The van der Waals surface area contributed by atoms with Crippen molar-refractivity contribution < 1.29 is 28.6 Å². The third-order valence-corrected chi connectivity index (χ3v) is 9.26. The summed E-state index contributed by atoms with van der Waals surface area (Å²) in [6.07, 6.45) is 50.6. The van der Waals surface area contributed by atoms with E-state index in [1.807, 2.05) is 0 Å². The smallest absolute Gasteiger partial charge is 0.306 e. The van der Waals surface area contributed by atoms with Crippen molar-refractivity contribution in [3.8, 4) is 0 Å². The Hall–Kier alpha value is -2.89. The molecule has 1 atom stereocenters. The fraction of sp³-hybridized carbons (Fsp3) is 0.729. The topological polar surface area (TPSA) is 78.9 Å². The molecule has 0 saturated carbocycles. The summed E-state index contributed by atoms with van der Waals surface area (Å²) >= 11 is 0. The average molecular weight is 755 g/mol. The van der Waals surface area contributed by atoms with Gasteiger partial charge in [0.2, 0.25) is 0 Å². The molecular weight excluding hydrogens is 673 g/mol. The van der Waals surface area contributed by atoms with E-state index in [0.717, 1.165) is 109 Å². The van der Waals surface area contributed by atoms with Gasteiger partial charge in [0, 0.05) is 19.3 Å². The molecule has 0 aromatic rings. The van der Waals surface area contributed by atoms with E-state index < -0.39 is 6.10 Å². The summed E-state index contributed by atoms with van der Waals surface area (Å²) in [5, 5.41) is 0. The van der Waals surface area contributed by atoms with Gasteiger partial charge in [-0.2, -0.15) is 0 Å². The minimum atomic E-state index is -0.787. The van der Waals surface area contributed by atoms with Gasteiger partial charge in [0.15, 0.2) is 6.10 Å². The summed E-state index contributed by atoms with van der Waals surface area (Å²) in [4.78, 5) is 37.6. The highest BCUT2D eigenvalue weighted by molar-refractivity contribution is 5.71. The summed E-state index contributed by atoms with van der Waals surface area (Å²) in [5.74, 6) is -0.941. The molecule has 6 heteroatoms. The number of allylic oxidation sites excluding steroid dienone is 10. The van der Waals surface area contributed by atoms with Crippen molar-refractivity contribution in [3.05, 3.63) is 60.8 Å². The van der Waals surface area contributed by atoms with Crippen molar-refractivity contribution >= 4 is 17.9 Å². The maximum atomic E-state index is 12.7. The Kier molecular flexibility index (Phi) is 40.6. The third-order valence-electron chi connectivity index (χ3n) is 9.26. The van der Waals surface area contributed by atoms with E-state index in [0.29, 0.717) is 19.3 Å². The summed E-state index contributed by atoms with van der Waals surface area (Å²) in [5.41, 5.74) is 0. The summed E-state index contributed by atoms with van der Waals surface area (Å²) in [6.45, 7) is 6.41. The molecule has 310 valence electrons. The average Bonchev–Trinajstić information content (AvgIpc) is 3.17. The van der Waals surface area contributed by atoms with E-state index >= 15 is 0 Å². The number of unbranched alkanes of at least 4 members (excludes halogenated alkanes) is 18. The Balaban J connectivity index is 4.42. The van der Waals surface area contributed by atoms with Gasteiger partial charge in [-0.25, -0.2) is 0 Å². The quantitative estimate of drug-likeness (QED) is 0.0269. The lowest BCUT2D eigenvalue weighted by molar-refractivity contribution is -0.167. The molecule has 0 bridgehead atoms. The Morgan fingerprint density at radius 2 is 0.741 bits per heavy atom. The number of hydrogen-bond donors (Lipinski definition) is 0. The highest BCUT2D eigenvalue weighted by Gasteiger charge is 2.19. The van der Waals surface area contributed by atoms with Crippen LogP contribution in [0.2, 0.25) is 0 Å². The van der Waals surface area contributed by atoms with E-state index in [-0.39, 0.29) is 31.1 Å². The van der Waals surface area contributed by atoms with Crippen LogP contribution in [0.25, 0.3) is 0 Å². The van der Waals surface area contributed by atoms with Crippen LogP contribution in [0.4, 0.5) is 0 Å². The highest BCUT2D eigenvalue weighted by Crippen LogP contribution is 2.13. The zero-order chi connectivity index (χ0) is 39.4. The van der Waals surface area contributed by atoms with E-state index in [2.05, 4.69) is 81.5 Å². The van der Waals surface area contributed by atoms with Crippen LogP contribution in [0.5, 0.6) is 0 Å². The van der Waals surface area contributed by atoms with Gasteiger partial charge in [0.1, 0.15) is 13.2 Å². The second-order valence-corrected chi connectivity index (χ2v) is 14.6. The second kappa shape index (κ2) is 42.8. The first-order valence-electron chi connectivity index (χ1n) is 22.3. The molecule has 1 unspecified atom stereocenters. The first-order valence-corrected chi connectivity index (χ1v) is 22.3. The standard InChI is InChI=1S/C48H82O6/c1-4-7-10-13-16-19-22-23-24-25-26-27-30-32-35-38-41-47(50)53-44-45(54-48(51)42-39-36-33-29-21-18-15-12-9-6-3)43-52-46(49)40-37-34-31-28-20-17-14-11-8-5-2/h7,10,15-16,18-19,23-24,26-27,45H,4-6,8-9,11-14,17,20-22,25,28-44H2,1-3H3/b10-7-,18-15-,19-16-,24-23-,27-26-. The highest BCUT2D eigenvalue weighted by atomic mass is 16.6. The van der Waals surface area contributed by atoms with Gasteiger partial charge in [-0.15, -0.1) is 0 Å². The van der Waals surface area contributed by atoms with E-state index in [9.17, 15) is 14.4 Å². The molecule has 0 radical (unpaired) electrons. The van der Waals surface area contributed by atoms with Gasteiger partial charge in [-0.1, -0.05) is 171 Å². The van der Waals surface area contributed by atoms with E-state index in [1.165, 1.54) is 57.8 Å². The molecule has 0 N–H and O–H groups in total. The van der Waals surface area contributed by atoms with Gasteiger partial charge < -0.3 is 14.2 Å². The normalized spacial score (nSPS) is 12.6. The lowest BCUT2D eigenvalue weighted by Crippen LogP contribution is -2.30. The van der Waals surface area contributed by atoms with Crippen LogP contribution in [-0.4, -0.2) is 37.2 Å². The molecular formula is C48H82O6. The van der Waals surface area contributed by atoms with Crippen molar-refractivity contribution in [1.29, 1.82) is 0 Å². The zero-order valence-corrected chi connectivity index (χ0v) is 35.2. The Labute approximate surface area is 332 Å². The van der Waals surface area contributed by atoms with Crippen LogP contribution in [0, 0.1) is 0 Å². The molecule has 0 aromatic carbocycles. The number of esters is 3. The van der Waals surface area contributed by atoms with Crippen molar-refractivity contribution in [1.82, 2.24) is 0 Å². The Morgan fingerprint density at radius 3 is 1.22 bits per heavy atom. The van der Waals surface area contributed by atoms with Gasteiger partial charge >= 0.3 is 17.9 Å². The Bertz CT molecular complexity index is 1010. The van der Waals surface area contributed by atoms with Crippen LogP contribution >= 0.6 is 0 Å². The van der Waals surface area contributed by atoms with Crippen LogP contribution < -0.4 is 0 Å². The number of rotatable bonds is 39. The van der Waals surface area contributed by atoms with Gasteiger partial charge in [0.05, 0.1) is 0 Å². The summed E-state index contributed by atoms with van der Waals surface area (Å²) < 4.78 is 16.6. The molecule has 0 aliphatic heterocycles. The molecule has 0 spiro atoms. The minimum absolute atomic E-state index is 0.0884. The zero-order valence-electron chi connectivity index (χ0n) is 35.2. The maximum absolute atomic E-state index is 12.7. The first kappa shape index (κ1) is 51.1. The van der Waals surface area contributed by atoms with Gasteiger partial charge in [-0.05, 0) is 77.0 Å². The molecule has 6 nitrogen and oxygen atoms in total. The fourth-order valence-electron chi connectivity index (χ4n) is 5.88. The van der Waals surface area contributed by atoms with Gasteiger partial charge in [0.25, 0.3) is 0 Å². The maximum Gasteiger partial charge on any atom is 0.306 e. The third kappa shape index (κ3) is 40.3. The van der Waals surface area contributed by atoms with Crippen LogP contribution in [0.15, 0.2) is 60.8 Å². The largest absolute Gasteiger partial charge is 0.462 e.